The Bertz CT molecular complexity index is 1370. The van der Waals surface area contributed by atoms with Crippen LogP contribution >= 0.6 is 0 Å². The third-order valence-corrected chi connectivity index (χ3v) is 13.2. The summed E-state index contributed by atoms with van der Waals surface area (Å²) >= 11 is 0. The van der Waals surface area contributed by atoms with Crippen LogP contribution in [-0.2, 0) is 57.0 Å². The van der Waals surface area contributed by atoms with Gasteiger partial charge in [-0.25, -0.2) is 0 Å². The van der Waals surface area contributed by atoms with Gasteiger partial charge < -0.3 is 88.6 Å². The number of carbonyl (C=O) groups excluding carboxylic acids is 3. The molecule has 0 aromatic heterocycles. The van der Waals surface area contributed by atoms with E-state index < -0.39 is 117 Å². The van der Waals surface area contributed by atoms with Crippen molar-refractivity contribution in [1.82, 2.24) is 0 Å². The highest BCUT2D eigenvalue weighted by Crippen LogP contribution is 2.33. The van der Waals surface area contributed by atoms with Crippen LogP contribution in [0.5, 0.6) is 0 Å². The molecule has 3 aliphatic heterocycles. The molecule has 3 rings (SSSR count). The van der Waals surface area contributed by atoms with Crippen LogP contribution in [0.15, 0.2) is 0 Å². The smallest absolute Gasteiger partial charge is 0.163 e. The van der Waals surface area contributed by atoms with Crippen LogP contribution in [0.4, 0.5) is 0 Å². The van der Waals surface area contributed by atoms with Crippen molar-refractivity contribution in [1.29, 1.82) is 0 Å². The van der Waals surface area contributed by atoms with Crippen molar-refractivity contribution in [3.63, 3.8) is 0 Å². The van der Waals surface area contributed by atoms with Crippen molar-refractivity contribution in [2.24, 2.45) is 29.1 Å². The fourth-order valence-corrected chi connectivity index (χ4v) is 8.83. The number of rotatable bonds is 36. The maximum Gasteiger partial charge on any atom is 0.163 e. The summed E-state index contributed by atoms with van der Waals surface area (Å²) in [5.74, 6) is -1.75. The first-order valence-corrected chi connectivity index (χ1v) is 24.9. The monoisotopic (exact) mass is 999 g/mol. The van der Waals surface area contributed by atoms with Crippen molar-refractivity contribution < 1.29 is 103 Å². The Labute approximate surface area is 407 Å². The van der Waals surface area contributed by atoms with Crippen molar-refractivity contribution in [2.75, 3.05) is 79.3 Å². The zero-order valence-corrected chi connectivity index (χ0v) is 41.4. The SMILES string of the molecule is CC(C)CC(CCOCC(=O)CCCCO[C@@H]1OC(CO)[C@H](O)[C@H](O)C1C)(COCC(=O)CCCCO[C@@H]1OC(CO)[C@H](O)[C@H](O)C1C)COCC(=O)CCCCO[C@@H]1OC(CO)[C@H](O)[C@H](O)C1C. The molecule has 0 aromatic rings. The Morgan fingerprint density at radius 1 is 0.478 bits per heavy atom. The summed E-state index contributed by atoms with van der Waals surface area (Å²) in [7, 11) is 0. The number of carbonyl (C=O) groups is 3. The van der Waals surface area contributed by atoms with Gasteiger partial charge in [-0.05, 0) is 57.3 Å². The molecule has 0 bridgehead atoms. The summed E-state index contributed by atoms with van der Waals surface area (Å²) in [5, 5.41) is 89.4. The minimum atomic E-state index is -1.22. The molecular formula is C48H86O21. The van der Waals surface area contributed by atoms with E-state index in [1.165, 1.54) is 0 Å². The second-order valence-corrected chi connectivity index (χ2v) is 19.7. The molecule has 0 aromatic carbocycles. The Kier molecular flexibility index (Phi) is 29.0. The molecule has 21 nitrogen and oxygen atoms in total. The molecule has 0 amide bonds. The molecule has 9 N–H and O–H groups in total. The lowest BCUT2D eigenvalue weighted by Crippen LogP contribution is -2.55. The predicted molar refractivity (Wildman–Crippen MR) is 244 cm³/mol. The summed E-state index contributed by atoms with van der Waals surface area (Å²) in [4.78, 5) is 38.7. The van der Waals surface area contributed by atoms with E-state index in [1.807, 2.05) is 13.8 Å². The van der Waals surface area contributed by atoms with Crippen LogP contribution in [-0.4, -0.2) is 216 Å². The van der Waals surface area contributed by atoms with Gasteiger partial charge in [0.25, 0.3) is 0 Å². The molecule has 21 heteroatoms. The number of aliphatic hydroxyl groups excluding tert-OH is 9. The van der Waals surface area contributed by atoms with Gasteiger partial charge in [-0.1, -0.05) is 34.6 Å². The Hall–Kier alpha value is -1.71. The second-order valence-electron chi connectivity index (χ2n) is 19.7. The van der Waals surface area contributed by atoms with E-state index in [0.717, 1.165) is 0 Å². The third kappa shape index (κ3) is 20.6. The molecule has 69 heavy (non-hydrogen) atoms. The number of hydrogen-bond acceptors (Lipinski definition) is 21. The number of ether oxygens (including phenoxy) is 9. The van der Waals surface area contributed by atoms with Gasteiger partial charge >= 0.3 is 0 Å². The molecule has 3 aliphatic rings. The summed E-state index contributed by atoms with van der Waals surface area (Å²) in [6.07, 6.45) is -7.54. The number of hydrogen-bond donors (Lipinski definition) is 9. The number of ketones is 3. The van der Waals surface area contributed by atoms with E-state index in [-0.39, 0.29) is 102 Å². The van der Waals surface area contributed by atoms with Crippen LogP contribution in [0.2, 0.25) is 0 Å². The molecule has 0 spiro atoms. The Morgan fingerprint density at radius 2 is 0.797 bits per heavy atom. The lowest BCUT2D eigenvalue weighted by atomic mass is 9.78. The minimum absolute atomic E-state index is 0.108. The second kappa shape index (κ2) is 32.5. The van der Waals surface area contributed by atoms with Crippen molar-refractivity contribution in [3.8, 4) is 0 Å². The lowest BCUT2D eigenvalue weighted by molar-refractivity contribution is -0.282. The fraction of sp³-hybridized carbons (Fsp3) is 0.938. The molecule has 3 heterocycles. The summed E-state index contributed by atoms with van der Waals surface area (Å²) in [6.45, 7) is 8.44. The molecule has 15 atom stereocenters. The van der Waals surface area contributed by atoms with Crippen LogP contribution in [0.1, 0.15) is 105 Å². The van der Waals surface area contributed by atoms with Gasteiger partial charge in [-0.3, -0.25) is 14.4 Å². The molecule has 404 valence electrons. The summed E-state index contributed by atoms with van der Waals surface area (Å²) in [6, 6.07) is 0. The first kappa shape index (κ1) is 61.6. The van der Waals surface area contributed by atoms with E-state index in [4.69, 9.17) is 42.6 Å². The van der Waals surface area contributed by atoms with Crippen molar-refractivity contribution in [3.05, 3.63) is 0 Å². The minimum Gasteiger partial charge on any atom is -0.394 e. The summed E-state index contributed by atoms with van der Waals surface area (Å²) < 4.78 is 52.0. The first-order valence-electron chi connectivity index (χ1n) is 24.9. The molecule has 3 saturated heterocycles. The predicted octanol–water partition coefficient (Wildman–Crippen LogP) is -0.0479. The zero-order valence-electron chi connectivity index (χ0n) is 41.4. The quantitative estimate of drug-likeness (QED) is 0.0372. The standard InChI is InChI=1S/C48H86O21/c1-29(2)20-48(27-62-25-34(53)13-7-10-17-65-46-31(4)40(56)43(59)37(22-50)68-46,28-63-26-35(54)14-8-11-18-66-47-32(5)41(57)44(60)38(23-51)69-47)15-19-61-24-33(52)12-6-9-16-64-45-30(3)39(55)42(58)36(21-49)67-45/h29-32,36-47,49-51,55-60H,6-28H2,1-5H3/t30?,31?,32?,36?,37?,38?,39-,40-,41-,42+,43+,44+,45-,46-,47-,48?/m1/s1. The van der Waals surface area contributed by atoms with Gasteiger partial charge in [0.05, 0.1) is 51.3 Å². The molecule has 0 aliphatic carbocycles. The van der Waals surface area contributed by atoms with Crippen LogP contribution in [0.3, 0.4) is 0 Å². The largest absolute Gasteiger partial charge is 0.394 e. The van der Waals surface area contributed by atoms with E-state index in [2.05, 4.69) is 0 Å². The van der Waals surface area contributed by atoms with E-state index in [9.17, 15) is 60.3 Å². The number of aliphatic hydroxyl groups is 9. The van der Waals surface area contributed by atoms with E-state index >= 15 is 0 Å². The number of unbranched alkanes of at least 4 members (excludes halogenated alkanes) is 3. The molecular weight excluding hydrogens is 913 g/mol. The van der Waals surface area contributed by atoms with Crippen LogP contribution < -0.4 is 0 Å². The zero-order chi connectivity index (χ0) is 51.1. The molecule has 3 fully saturated rings. The highest BCUT2D eigenvalue weighted by molar-refractivity contribution is 5.80. The molecule has 6 unspecified atom stereocenters. The van der Waals surface area contributed by atoms with Crippen LogP contribution in [0, 0.1) is 29.1 Å². The molecule has 0 saturated carbocycles. The van der Waals surface area contributed by atoms with Gasteiger partial charge in [-0.15, -0.1) is 0 Å². The topological polar surface area (TPSA) is 316 Å². The third-order valence-electron chi connectivity index (χ3n) is 13.2. The van der Waals surface area contributed by atoms with E-state index in [0.29, 0.717) is 51.4 Å². The van der Waals surface area contributed by atoms with Gasteiger partial charge in [0, 0.05) is 68.9 Å². The highest BCUT2D eigenvalue weighted by Gasteiger charge is 2.44. The maximum atomic E-state index is 12.9. The van der Waals surface area contributed by atoms with Gasteiger partial charge in [-0.2, -0.15) is 0 Å². The fourth-order valence-electron chi connectivity index (χ4n) is 8.83. The van der Waals surface area contributed by atoms with Gasteiger partial charge in [0.15, 0.2) is 36.2 Å². The Balaban J connectivity index is 1.46. The highest BCUT2D eigenvalue weighted by atomic mass is 16.7. The van der Waals surface area contributed by atoms with E-state index in [1.54, 1.807) is 20.8 Å². The first-order chi connectivity index (χ1) is 32.9. The van der Waals surface area contributed by atoms with Crippen molar-refractivity contribution in [2.45, 2.75) is 179 Å². The normalized spacial score (nSPS) is 32.8. The van der Waals surface area contributed by atoms with Gasteiger partial charge in [0.1, 0.15) is 56.4 Å². The average Bonchev–Trinajstić information content (AvgIpc) is 3.32. The number of Topliss-reactive ketones (excluding diaryl/α,β-unsaturated/α-hetero) is 3. The van der Waals surface area contributed by atoms with Crippen LogP contribution in [0.25, 0.3) is 0 Å². The maximum absolute atomic E-state index is 12.9. The van der Waals surface area contributed by atoms with Crippen molar-refractivity contribution >= 4 is 17.3 Å². The Morgan fingerprint density at radius 3 is 1.10 bits per heavy atom. The lowest BCUT2D eigenvalue weighted by Gasteiger charge is -2.40. The molecule has 0 radical (unpaired) electrons. The summed E-state index contributed by atoms with van der Waals surface area (Å²) in [5.41, 5.74) is -0.670. The average molecular weight is 999 g/mol. The van der Waals surface area contributed by atoms with Gasteiger partial charge in [0.2, 0.25) is 0 Å².